The van der Waals surface area contributed by atoms with Crippen molar-refractivity contribution in [3.8, 4) is 0 Å². The number of hydrogen-bond donors (Lipinski definition) is 0. The second kappa shape index (κ2) is 4.71. The van der Waals surface area contributed by atoms with Gasteiger partial charge >= 0.3 is 0 Å². The highest BCUT2D eigenvalue weighted by atomic mass is 32.2. The van der Waals surface area contributed by atoms with Gasteiger partial charge in [-0.05, 0) is 6.42 Å². The highest BCUT2D eigenvalue weighted by Gasteiger charge is 2.27. The Labute approximate surface area is 91.7 Å². The highest BCUT2D eigenvalue weighted by Crippen LogP contribution is 2.44. The van der Waals surface area contributed by atoms with Crippen molar-refractivity contribution in [3.05, 3.63) is 16.6 Å². The van der Waals surface area contributed by atoms with E-state index in [4.69, 9.17) is 0 Å². The lowest BCUT2D eigenvalue weighted by Gasteiger charge is -2.28. The maximum Gasteiger partial charge on any atom is 0.107 e. The Balaban J connectivity index is 2.11. The molecule has 2 heterocycles. The van der Waals surface area contributed by atoms with Gasteiger partial charge in [0.2, 0.25) is 0 Å². The van der Waals surface area contributed by atoms with Crippen LogP contribution in [0.5, 0.6) is 0 Å². The van der Waals surface area contributed by atoms with E-state index in [9.17, 15) is 0 Å². The normalized spacial score (nSPS) is 29.0. The lowest BCUT2D eigenvalue weighted by Crippen LogP contribution is -2.17. The fraction of sp³-hybridized carbons (Fsp3) is 0.667. The molecule has 0 radical (unpaired) electrons. The van der Waals surface area contributed by atoms with Gasteiger partial charge in [-0.15, -0.1) is 23.1 Å². The van der Waals surface area contributed by atoms with Gasteiger partial charge in [0, 0.05) is 28.3 Å². The molecular formula is C9H13NS3. The van der Waals surface area contributed by atoms with E-state index >= 15 is 0 Å². The maximum absolute atomic E-state index is 4.42. The Morgan fingerprint density at radius 1 is 1.46 bits per heavy atom. The molecule has 2 unspecified atom stereocenters. The first-order valence-electron chi connectivity index (χ1n) is 4.54. The molecule has 1 saturated heterocycles. The summed E-state index contributed by atoms with van der Waals surface area (Å²) in [5.74, 6) is 2.59. The molecule has 2 atom stereocenters. The monoisotopic (exact) mass is 231 g/mol. The molecule has 2 rings (SSSR count). The molecule has 0 bridgehead atoms. The van der Waals surface area contributed by atoms with Crippen molar-refractivity contribution in [2.75, 3.05) is 11.5 Å². The lowest BCUT2D eigenvalue weighted by atomic mass is 10.2. The van der Waals surface area contributed by atoms with Gasteiger partial charge in [-0.1, -0.05) is 6.92 Å². The zero-order chi connectivity index (χ0) is 9.10. The van der Waals surface area contributed by atoms with Crippen molar-refractivity contribution in [2.45, 2.75) is 23.8 Å². The molecular weight excluding hydrogens is 218 g/mol. The SMILES string of the molecule is CCC1SCCSC1c1nccs1. The Kier molecular flexibility index (Phi) is 3.58. The first-order chi connectivity index (χ1) is 6.42. The molecule has 0 aliphatic carbocycles. The molecule has 1 nitrogen and oxygen atoms in total. The van der Waals surface area contributed by atoms with E-state index in [2.05, 4.69) is 40.8 Å². The van der Waals surface area contributed by atoms with Crippen molar-refractivity contribution in [3.63, 3.8) is 0 Å². The van der Waals surface area contributed by atoms with E-state index in [-0.39, 0.29) is 0 Å². The third-order valence-electron chi connectivity index (χ3n) is 2.15. The molecule has 1 aliphatic heterocycles. The minimum Gasteiger partial charge on any atom is -0.248 e. The molecule has 13 heavy (non-hydrogen) atoms. The maximum atomic E-state index is 4.42. The number of hydrogen-bond acceptors (Lipinski definition) is 4. The zero-order valence-corrected chi connectivity index (χ0v) is 10.1. The summed E-state index contributed by atoms with van der Waals surface area (Å²) in [5, 5.41) is 4.85. The number of nitrogens with zero attached hydrogens (tertiary/aromatic N) is 1. The molecule has 4 heteroatoms. The quantitative estimate of drug-likeness (QED) is 0.774. The Morgan fingerprint density at radius 3 is 3.00 bits per heavy atom. The topological polar surface area (TPSA) is 12.9 Å². The Bertz CT molecular complexity index is 247. The van der Waals surface area contributed by atoms with Crippen LogP contribution in [0.15, 0.2) is 11.6 Å². The summed E-state index contributed by atoms with van der Waals surface area (Å²) in [6.45, 7) is 2.28. The molecule has 0 saturated carbocycles. The van der Waals surface area contributed by atoms with E-state index in [1.165, 1.54) is 22.9 Å². The second-order valence-corrected chi connectivity index (χ2v) is 6.50. The third-order valence-corrected chi connectivity index (χ3v) is 6.41. The molecule has 0 spiro atoms. The van der Waals surface area contributed by atoms with Crippen molar-refractivity contribution in [1.29, 1.82) is 0 Å². The number of thioether (sulfide) groups is 2. The average Bonchev–Trinajstić information content (AvgIpc) is 2.70. The Hall–Kier alpha value is 0.330. The van der Waals surface area contributed by atoms with Crippen LogP contribution in [-0.4, -0.2) is 21.7 Å². The third kappa shape index (κ3) is 2.22. The first kappa shape index (κ1) is 9.87. The summed E-state index contributed by atoms with van der Waals surface area (Å²) in [6.07, 6.45) is 3.19. The summed E-state index contributed by atoms with van der Waals surface area (Å²) >= 11 is 6.00. The molecule has 72 valence electrons. The van der Waals surface area contributed by atoms with Gasteiger partial charge in [0.1, 0.15) is 5.01 Å². The van der Waals surface area contributed by atoms with Crippen molar-refractivity contribution >= 4 is 34.9 Å². The van der Waals surface area contributed by atoms with Gasteiger partial charge < -0.3 is 0 Å². The minimum absolute atomic E-state index is 0.656. The minimum atomic E-state index is 0.656. The van der Waals surface area contributed by atoms with Crippen LogP contribution in [0.3, 0.4) is 0 Å². The van der Waals surface area contributed by atoms with Gasteiger partial charge in [-0.2, -0.15) is 11.8 Å². The largest absolute Gasteiger partial charge is 0.248 e. The van der Waals surface area contributed by atoms with Crippen molar-refractivity contribution in [1.82, 2.24) is 4.98 Å². The van der Waals surface area contributed by atoms with Crippen molar-refractivity contribution < 1.29 is 0 Å². The number of rotatable bonds is 2. The van der Waals surface area contributed by atoms with E-state index in [1.54, 1.807) is 11.3 Å². The molecule has 1 aliphatic rings. The van der Waals surface area contributed by atoms with E-state index in [1.807, 2.05) is 6.20 Å². The summed E-state index contributed by atoms with van der Waals surface area (Å²) < 4.78 is 0. The van der Waals surface area contributed by atoms with Crippen LogP contribution in [0.1, 0.15) is 23.6 Å². The van der Waals surface area contributed by atoms with Crippen LogP contribution < -0.4 is 0 Å². The molecule has 1 aromatic heterocycles. The van der Waals surface area contributed by atoms with Crippen LogP contribution >= 0.6 is 34.9 Å². The van der Waals surface area contributed by atoms with E-state index < -0.39 is 0 Å². The van der Waals surface area contributed by atoms with Gasteiger partial charge in [0.05, 0.1) is 5.25 Å². The lowest BCUT2D eigenvalue weighted by molar-refractivity contribution is 0.789. The van der Waals surface area contributed by atoms with Crippen LogP contribution in [-0.2, 0) is 0 Å². The fourth-order valence-electron chi connectivity index (χ4n) is 1.51. The summed E-state index contributed by atoms with van der Waals surface area (Å²) in [6, 6.07) is 0. The zero-order valence-electron chi connectivity index (χ0n) is 7.60. The average molecular weight is 231 g/mol. The van der Waals surface area contributed by atoms with Crippen LogP contribution in [0, 0.1) is 0 Å². The van der Waals surface area contributed by atoms with Crippen LogP contribution in [0.25, 0.3) is 0 Å². The van der Waals surface area contributed by atoms with Crippen molar-refractivity contribution in [2.24, 2.45) is 0 Å². The fourth-order valence-corrected chi connectivity index (χ4v) is 5.59. The molecule has 0 aromatic carbocycles. The van der Waals surface area contributed by atoms with Gasteiger partial charge in [0.25, 0.3) is 0 Å². The standard InChI is InChI=1S/C9H13NS3/c1-2-7-8(12-6-5-11-7)9-10-3-4-13-9/h3-4,7-8H,2,5-6H2,1H3. The van der Waals surface area contributed by atoms with E-state index in [0.717, 1.165) is 5.25 Å². The molecule has 1 fully saturated rings. The highest BCUT2D eigenvalue weighted by molar-refractivity contribution is 8.06. The summed E-state index contributed by atoms with van der Waals surface area (Å²) in [5.41, 5.74) is 0. The predicted octanol–water partition coefficient (Wildman–Crippen LogP) is 3.44. The van der Waals surface area contributed by atoms with Gasteiger partial charge in [-0.3, -0.25) is 0 Å². The second-order valence-electron chi connectivity index (χ2n) is 2.98. The molecule has 0 N–H and O–H groups in total. The van der Waals surface area contributed by atoms with Gasteiger partial charge in [0.15, 0.2) is 0 Å². The Morgan fingerprint density at radius 2 is 2.31 bits per heavy atom. The number of thiazole rings is 1. The first-order valence-corrected chi connectivity index (χ1v) is 7.52. The number of aromatic nitrogens is 1. The molecule has 0 amide bonds. The van der Waals surface area contributed by atoms with Crippen LogP contribution in [0.2, 0.25) is 0 Å². The van der Waals surface area contributed by atoms with Gasteiger partial charge in [-0.25, -0.2) is 4.98 Å². The summed E-state index contributed by atoms with van der Waals surface area (Å²) in [7, 11) is 0. The van der Waals surface area contributed by atoms with Crippen LogP contribution in [0.4, 0.5) is 0 Å². The smallest absolute Gasteiger partial charge is 0.107 e. The van der Waals surface area contributed by atoms with E-state index in [0.29, 0.717) is 5.25 Å². The predicted molar refractivity (Wildman–Crippen MR) is 63.9 cm³/mol. The summed E-state index contributed by atoms with van der Waals surface area (Å²) in [4.78, 5) is 4.42. The molecule has 1 aromatic rings.